The Labute approximate surface area is 229 Å². The van der Waals surface area contributed by atoms with Crippen LogP contribution in [-0.4, -0.2) is 51.6 Å². The minimum Gasteiger partial charge on any atom is -0.466 e. The Balaban J connectivity index is 0.00000192. The summed E-state index contributed by atoms with van der Waals surface area (Å²) in [4.78, 5) is 34.1. The van der Waals surface area contributed by atoms with Crippen LogP contribution >= 0.6 is 23.1 Å². The molecule has 0 aromatic carbocycles. The molecule has 1 aromatic heterocycles. The third-order valence-corrected chi connectivity index (χ3v) is 5.14. The Hall–Kier alpha value is 1.44. The number of hydrogen-bond donors (Lipinski definition) is 2. The number of hydrogen-bond acceptors (Lipinski definition) is 7. The summed E-state index contributed by atoms with van der Waals surface area (Å²) < 4.78 is 0. The maximum absolute atomic E-state index is 12.3. The number of anilines is 1. The quantitative estimate of drug-likeness (QED) is 0.290. The van der Waals surface area contributed by atoms with Crippen molar-refractivity contribution in [1.29, 1.82) is 0 Å². The van der Waals surface area contributed by atoms with Crippen LogP contribution in [0.1, 0.15) is 12.6 Å². The molecular weight excluding hydrogens is 589 g/mol. The first-order chi connectivity index (χ1) is 10.5. The number of thiazole rings is 1. The van der Waals surface area contributed by atoms with Gasteiger partial charge in [0.05, 0.1) is 5.13 Å². The van der Waals surface area contributed by atoms with Gasteiger partial charge in [-0.25, -0.2) is 11.3 Å². The van der Waals surface area contributed by atoms with Crippen LogP contribution in [0.25, 0.3) is 0 Å². The van der Waals surface area contributed by atoms with Crippen molar-refractivity contribution in [3.8, 4) is 0 Å². The van der Waals surface area contributed by atoms with Crippen molar-refractivity contribution in [1.82, 2.24) is 15.2 Å². The summed E-state index contributed by atoms with van der Waals surface area (Å²) in [6, 6.07) is -0.553. The standard InChI is InChI=1S/C13H13N5O2S2.3Y/c1-6-3-4-21-12-9(11(20)18(6)12)17-10(19)8(15-2)7-5-22-13(14)16-7;;;/h9,12H,4H2,1-2H3,(H2,14,16)(H,17,19);;;/q-2;;;. The van der Waals surface area contributed by atoms with E-state index in [0.717, 1.165) is 17.0 Å². The zero-order valence-electron chi connectivity index (χ0n) is 13.6. The molecule has 2 aliphatic heterocycles. The molecule has 0 saturated carbocycles. The number of aliphatic imine (C=N–C) groups is 1. The van der Waals surface area contributed by atoms with E-state index < -0.39 is 11.9 Å². The molecule has 3 heterocycles. The SMILES string of the molecule is CN=C(C(=O)NC1C(=O)N2C(C)=[C-]CSC12)c1[c-]sc(N)n1.[Y].[Y].[Y]. The van der Waals surface area contributed by atoms with Crippen LogP contribution in [0.5, 0.6) is 0 Å². The Morgan fingerprint density at radius 2 is 2.12 bits per heavy atom. The molecule has 1 aromatic rings. The van der Waals surface area contributed by atoms with Gasteiger partial charge in [-0.1, -0.05) is 12.3 Å². The number of nitrogens with zero attached hydrogens (tertiary/aromatic N) is 3. The van der Waals surface area contributed by atoms with Crippen LogP contribution in [0.3, 0.4) is 0 Å². The van der Waals surface area contributed by atoms with Crippen molar-refractivity contribution in [3.05, 3.63) is 22.8 Å². The predicted octanol–water partition coefficient (Wildman–Crippen LogP) is 0.0438. The van der Waals surface area contributed by atoms with Crippen LogP contribution < -0.4 is 11.1 Å². The van der Waals surface area contributed by atoms with Crippen LogP contribution in [-0.2, 0) is 108 Å². The largest absolute Gasteiger partial charge is 0.466 e. The van der Waals surface area contributed by atoms with Crippen LogP contribution in [0.15, 0.2) is 10.7 Å². The zero-order chi connectivity index (χ0) is 15.9. The first-order valence-corrected chi connectivity index (χ1v) is 8.33. The van der Waals surface area contributed by atoms with Gasteiger partial charge in [-0.15, -0.1) is 5.75 Å². The van der Waals surface area contributed by atoms with Crippen molar-refractivity contribution < 1.29 is 108 Å². The van der Waals surface area contributed by atoms with Crippen molar-refractivity contribution in [3.63, 3.8) is 0 Å². The summed E-state index contributed by atoms with van der Waals surface area (Å²) in [5.74, 6) is 0.129. The minimum atomic E-state index is -0.553. The molecule has 125 valence electrons. The Bertz CT molecular complexity index is 710. The number of carbonyl (C=O) groups excluding carboxylic acids is 2. The van der Waals surface area contributed by atoms with Gasteiger partial charge in [0, 0.05) is 111 Å². The molecule has 7 nitrogen and oxygen atoms in total. The second-order valence-corrected chi connectivity index (χ2v) is 6.63. The number of carbonyl (C=O) groups is 2. The number of amides is 2. The maximum Gasteiger partial charge on any atom is 0.250 e. The fraction of sp³-hybridized carbons (Fsp3) is 0.385. The Kier molecular flexibility index (Phi) is 12.1. The van der Waals surface area contributed by atoms with Crippen molar-refractivity contribution in [2.75, 3.05) is 18.5 Å². The van der Waals surface area contributed by atoms with Gasteiger partial charge in [0.2, 0.25) is 5.91 Å². The number of rotatable bonds is 3. The summed E-state index contributed by atoms with van der Waals surface area (Å²) >= 11 is 2.68. The second kappa shape index (κ2) is 11.4. The van der Waals surface area contributed by atoms with E-state index in [1.807, 2.05) is 6.92 Å². The monoisotopic (exact) mass is 602 g/mol. The Morgan fingerprint density at radius 1 is 1.44 bits per heavy atom. The van der Waals surface area contributed by atoms with Gasteiger partial charge in [0.15, 0.2) is 0 Å². The normalized spacial score (nSPS) is 21.5. The molecule has 2 amide bonds. The van der Waals surface area contributed by atoms with Crippen molar-refractivity contribution in [2.24, 2.45) is 4.99 Å². The van der Waals surface area contributed by atoms with Gasteiger partial charge >= 0.3 is 0 Å². The fourth-order valence-electron chi connectivity index (χ4n) is 2.32. The molecule has 0 aliphatic carbocycles. The Morgan fingerprint density at radius 3 is 2.68 bits per heavy atom. The van der Waals surface area contributed by atoms with Gasteiger partial charge < -0.3 is 32.0 Å². The van der Waals surface area contributed by atoms with E-state index in [4.69, 9.17) is 5.73 Å². The molecule has 3 radical (unpaired) electrons. The number of thioether (sulfide) groups is 1. The molecule has 3 rings (SSSR count). The topological polar surface area (TPSA) is 101 Å². The van der Waals surface area contributed by atoms with E-state index in [0.29, 0.717) is 16.6 Å². The van der Waals surface area contributed by atoms with Gasteiger partial charge in [-0.3, -0.25) is 9.59 Å². The van der Waals surface area contributed by atoms with E-state index in [-0.39, 0.29) is 115 Å². The molecule has 1 saturated heterocycles. The minimum absolute atomic E-state index is 0. The number of fused-ring (bicyclic) bond motifs is 1. The van der Waals surface area contributed by atoms with E-state index in [9.17, 15) is 9.59 Å². The molecule has 0 spiro atoms. The summed E-state index contributed by atoms with van der Waals surface area (Å²) in [6.07, 6.45) is 3.10. The summed E-state index contributed by atoms with van der Waals surface area (Å²) in [6.45, 7) is 1.84. The summed E-state index contributed by atoms with van der Waals surface area (Å²) in [7, 11) is 1.49. The number of aromatic nitrogens is 1. The first kappa shape index (κ1) is 26.4. The average molecular weight is 602 g/mol. The maximum atomic E-state index is 12.3. The number of nitrogens with one attached hydrogen (secondary N) is 1. The summed E-state index contributed by atoms with van der Waals surface area (Å²) in [5, 5.41) is 5.78. The third kappa shape index (κ3) is 5.49. The van der Waals surface area contributed by atoms with E-state index in [1.54, 1.807) is 16.7 Å². The second-order valence-electron chi connectivity index (χ2n) is 4.70. The van der Waals surface area contributed by atoms with Gasteiger partial charge in [-0.2, -0.15) is 17.5 Å². The zero-order valence-corrected chi connectivity index (χ0v) is 23.8. The molecule has 2 aliphatic rings. The van der Waals surface area contributed by atoms with Gasteiger partial charge in [0.1, 0.15) is 11.4 Å². The molecule has 2 unspecified atom stereocenters. The molecule has 1 fully saturated rings. The number of allylic oxidation sites excluding steroid dienone is 1. The van der Waals surface area contributed by atoms with Crippen molar-refractivity contribution in [2.45, 2.75) is 18.3 Å². The predicted molar refractivity (Wildman–Crippen MR) is 85.3 cm³/mol. The van der Waals surface area contributed by atoms with Crippen LogP contribution in [0, 0.1) is 11.5 Å². The van der Waals surface area contributed by atoms with Gasteiger partial charge in [-0.05, 0) is 5.69 Å². The van der Waals surface area contributed by atoms with Crippen LogP contribution in [0.4, 0.5) is 5.13 Å². The molecular formula is C13H13N5O2S2Y3-2. The molecule has 3 N–H and O–H groups in total. The molecule has 25 heavy (non-hydrogen) atoms. The third-order valence-electron chi connectivity index (χ3n) is 3.41. The van der Waals surface area contributed by atoms with Crippen LogP contribution in [0.2, 0.25) is 0 Å². The van der Waals surface area contributed by atoms with Crippen molar-refractivity contribution >= 4 is 45.8 Å². The van der Waals surface area contributed by atoms with E-state index in [2.05, 4.69) is 26.7 Å². The first-order valence-electron chi connectivity index (χ1n) is 6.47. The number of nitrogen functional groups attached to an aromatic ring is 1. The fourth-order valence-corrected chi connectivity index (χ4v) is 4.05. The molecule has 2 atom stereocenters. The average Bonchev–Trinajstić information content (AvgIpc) is 2.91. The van der Waals surface area contributed by atoms with E-state index >= 15 is 0 Å². The number of nitrogens with two attached hydrogens (primary N) is 1. The van der Waals surface area contributed by atoms with Gasteiger partial charge in [0.25, 0.3) is 5.91 Å². The van der Waals surface area contributed by atoms with E-state index in [1.165, 1.54) is 7.05 Å². The molecule has 12 heteroatoms. The molecule has 0 bridgehead atoms. The smallest absolute Gasteiger partial charge is 0.250 e. The summed E-state index contributed by atoms with van der Waals surface area (Å²) in [5.41, 5.74) is 6.78. The number of β-lactam (4-membered cyclic amide) rings is 1.